The second-order valence-corrected chi connectivity index (χ2v) is 4.60. The summed E-state index contributed by atoms with van der Waals surface area (Å²) in [5, 5.41) is 11.7. The Morgan fingerprint density at radius 2 is 2.05 bits per heavy atom. The predicted octanol–water partition coefficient (Wildman–Crippen LogP) is 0.0214. The Morgan fingerprint density at radius 1 is 1.37 bits per heavy atom. The van der Waals surface area contributed by atoms with Gasteiger partial charge in [-0.2, -0.15) is 0 Å². The van der Waals surface area contributed by atoms with E-state index in [0.717, 1.165) is 38.4 Å². The fourth-order valence-electron chi connectivity index (χ4n) is 2.14. The lowest BCUT2D eigenvalue weighted by Gasteiger charge is -2.34. The van der Waals surface area contributed by atoms with Gasteiger partial charge in [0.15, 0.2) is 5.84 Å². The number of anilines is 1. The van der Waals surface area contributed by atoms with Gasteiger partial charge < -0.3 is 20.7 Å². The van der Waals surface area contributed by atoms with Gasteiger partial charge in [0.2, 0.25) is 5.95 Å². The zero-order valence-corrected chi connectivity index (χ0v) is 11.4. The number of aryl methyl sites for hydroxylation is 1. The SMILES string of the molecule is CCN1CCN(c2nc(C)cc(/C(N)=N/O)n2)CC1. The molecule has 0 saturated carbocycles. The summed E-state index contributed by atoms with van der Waals surface area (Å²) in [5.74, 6) is 0.663. The highest BCUT2D eigenvalue weighted by Crippen LogP contribution is 2.13. The Morgan fingerprint density at radius 3 is 2.63 bits per heavy atom. The zero-order chi connectivity index (χ0) is 13.8. The first-order valence-electron chi connectivity index (χ1n) is 6.45. The van der Waals surface area contributed by atoms with Crippen molar-refractivity contribution in [3.63, 3.8) is 0 Å². The van der Waals surface area contributed by atoms with E-state index in [2.05, 4.69) is 31.8 Å². The maximum absolute atomic E-state index is 8.73. The van der Waals surface area contributed by atoms with Crippen LogP contribution in [0.15, 0.2) is 11.2 Å². The third kappa shape index (κ3) is 3.11. The number of hydrogen-bond acceptors (Lipinski definition) is 6. The van der Waals surface area contributed by atoms with Crippen LogP contribution in [0.5, 0.6) is 0 Å². The highest BCUT2D eigenvalue weighted by Gasteiger charge is 2.19. The molecule has 104 valence electrons. The number of likely N-dealkylation sites (N-methyl/N-ethyl adjacent to an activating group) is 1. The van der Waals surface area contributed by atoms with Crippen LogP contribution in [0.4, 0.5) is 5.95 Å². The number of oxime groups is 1. The lowest BCUT2D eigenvalue weighted by Crippen LogP contribution is -2.47. The molecule has 0 aromatic carbocycles. The molecule has 2 heterocycles. The van der Waals surface area contributed by atoms with Crippen LogP contribution in [0.25, 0.3) is 0 Å². The van der Waals surface area contributed by atoms with Gasteiger partial charge in [-0.15, -0.1) is 0 Å². The molecule has 19 heavy (non-hydrogen) atoms. The average molecular weight is 264 g/mol. The van der Waals surface area contributed by atoms with Crippen molar-refractivity contribution in [2.45, 2.75) is 13.8 Å². The molecule has 3 N–H and O–H groups in total. The van der Waals surface area contributed by atoms with E-state index in [4.69, 9.17) is 10.9 Å². The number of hydrogen-bond donors (Lipinski definition) is 2. The quantitative estimate of drug-likeness (QED) is 0.346. The summed E-state index contributed by atoms with van der Waals surface area (Å²) in [6.45, 7) is 8.91. The molecule has 1 saturated heterocycles. The van der Waals surface area contributed by atoms with Crippen LogP contribution in [-0.2, 0) is 0 Å². The van der Waals surface area contributed by atoms with Crippen LogP contribution in [0, 0.1) is 6.92 Å². The molecule has 0 unspecified atom stereocenters. The Hall–Kier alpha value is -1.89. The highest BCUT2D eigenvalue weighted by molar-refractivity contribution is 5.95. The topological polar surface area (TPSA) is 90.9 Å². The second kappa shape index (κ2) is 5.83. The van der Waals surface area contributed by atoms with Crippen molar-refractivity contribution < 1.29 is 5.21 Å². The number of nitrogens with zero attached hydrogens (tertiary/aromatic N) is 5. The zero-order valence-electron chi connectivity index (χ0n) is 11.4. The van der Waals surface area contributed by atoms with Crippen LogP contribution in [0.1, 0.15) is 18.3 Å². The van der Waals surface area contributed by atoms with Crippen molar-refractivity contribution in [2.24, 2.45) is 10.9 Å². The van der Waals surface area contributed by atoms with Gasteiger partial charge >= 0.3 is 0 Å². The van der Waals surface area contributed by atoms with Gasteiger partial charge in [0.25, 0.3) is 0 Å². The number of rotatable bonds is 3. The summed E-state index contributed by atoms with van der Waals surface area (Å²) in [6, 6.07) is 1.71. The predicted molar refractivity (Wildman–Crippen MR) is 73.6 cm³/mol. The van der Waals surface area contributed by atoms with Gasteiger partial charge in [0.05, 0.1) is 0 Å². The largest absolute Gasteiger partial charge is 0.409 e. The molecule has 7 nitrogen and oxygen atoms in total. The fraction of sp³-hybridized carbons (Fsp3) is 0.583. The van der Waals surface area contributed by atoms with Gasteiger partial charge in [-0.1, -0.05) is 12.1 Å². The van der Waals surface area contributed by atoms with Crippen molar-refractivity contribution in [3.8, 4) is 0 Å². The summed E-state index contributed by atoms with van der Waals surface area (Å²) in [5.41, 5.74) is 6.86. The Labute approximate surface area is 112 Å². The summed E-state index contributed by atoms with van der Waals surface area (Å²) < 4.78 is 0. The van der Waals surface area contributed by atoms with Crippen LogP contribution < -0.4 is 10.6 Å². The lowest BCUT2D eigenvalue weighted by atomic mass is 10.3. The van der Waals surface area contributed by atoms with Crippen molar-refractivity contribution in [2.75, 3.05) is 37.6 Å². The maximum atomic E-state index is 8.73. The van der Waals surface area contributed by atoms with Crippen LogP contribution in [0.2, 0.25) is 0 Å². The van der Waals surface area contributed by atoms with E-state index in [0.29, 0.717) is 11.6 Å². The van der Waals surface area contributed by atoms with E-state index in [1.165, 1.54) is 0 Å². The molecule has 0 bridgehead atoms. The highest BCUT2D eigenvalue weighted by atomic mass is 16.4. The molecule has 0 radical (unpaired) electrons. The smallest absolute Gasteiger partial charge is 0.226 e. The van der Waals surface area contributed by atoms with Crippen molar-refractivity contribution >= 4 is 11.8 Å². The normalized spacial score (nSPS) is 17.8. The second-order valence-electron chi connectivity index (χ2n) is 4.60. The molecular weight excluding hydrogens is 244 g/mol. The van der Waals surface area contributed by atoms with Crippen LogP contribution >= 0.6 is 0 Å². The third-order valence-electron chi connectivity index (χ3n) is 3.31. The van der Waals surface area contributed by atoms with E-state index in [9.17, 15) is 0 Å². The minimum absolute atomic E-state index is 0.0129. The molecule has 1 aliphatic rings. The molecule has 0 atom stereocenters. The minimum Gasteiger partial charge on any atom is -0.409 e. The molecule has 0 aliphatic carbocycles. The van der Waals surface area contributed by atoms with Crippen LogP contribution in [-0.4, -0.2) is 58.6 Å². The summed E-state index contributed by atoms with van der Waals surface area (Å²) in [4.78, 5) is 13.3. The van der Waals surface area contributed by atoms with Gasteiger partial charge in [-0.3, -0.25) is 0 Å². The monoisotopic (exact) mass is 264 g/mol. The molecule has 2 rings (SSSR count). The number of nitrogens with two attached hydrogens (primary N) is 1. The molecule has 1 fully saturated rings. The third-order valence-corrected chi connectivity index (χ3v) is 3.31. The molecule has 1 aromatic rings. The number of piperazine rings is 1. The average Bonchev–Trinajstić information content (AvgIpc) is 2.45. The number of amidine groups is 1. The summed E-state index contributed by atoms with van der Waals surface area (Å²) >= 11 is 0. The summed E-state index contributed by atoms with van der Waals surface area (Å²) in [7, 11) is 0. The first kappa shape index (κ1) is 13.5. The van der Waals surface area contributed by atoms with Crippen LogP contribution in [0.3, 0.4) is 0 Å². The molecule has 1 aromatic heterocycles. The van der Waals surface area contributed by atoms with Gasteiger partial charge in [0.1, 0.15) is 5.69 Å². The lowest BCUT2D eigenvalue weighted by molar-refractivity contribution is 0.270. The van der Waals surface area contributed by atoms with E-state index in [-0.39, 0.29) is 5.84 Å². The maximum Gasteiger partial charge on any atom is 0.226 e. The Bertz CT molecular complexity index is 467. The first-order valence-corrected chi connectivity index (χ1v) is 6.45. The van der Waals surface area contributed by atoms with E-state index < -0.39 is 0 Å². The van der Waals surface area contributed by atoms with Gasteiger partial charge in [0, 0.05) is 31.9 Å². The fourth-order valence-corrected chi connectivity index (χ4v) is 2.14. The van der Waals surface area contributed by atoms with E-state index in [1.54, 1.807) is 6.07 Å². The van der Waals surface area contributed by atoms with E-state index in [1.807, 2.05) is 6.92 Å². The molecule has 1 aliphatic heterocycles. The first-order chi connectivity index (χ1) is 9.13. The van der Waals surface area contributed by atoms with Crippen molar-refractivity contribution in [3.05, 3.63) is 17.5 Å². The minimum atomic E-state index is 0.0129. The summed E-state index contributed by atoms with van der Waals surface area (Å²) in [6.07, 6.45) is 0. The van der Waals surface area contributed by atoms with Crippen molar-refractivity contribution in [1.82, 2.24) is 14.9 Å². The Balaban J connectivity index is 2.19. The number of aromatic nitrogens is 2. The van der Waals surface area contributed by atoms with E-state index >= 15 is 0 Å². The van der Waals surface area contributed by atoms with Gasteiger partial charge in [-0.25, -0.2) is 9.97 Å². The Kier molecular flexibility index (Phi) is 4.16. The standard InChI is InChI=1S/C12H20N6O/c1-3-17-4-6-18(7-5-17)12-14-9(2)8-10(15-12)11(13)16-19/h8,19H,3-7H2,1-2H3,(H2,13,16). The molecule has 0 amide bonds. The molecule has 7 heteroatoms. The van der Waals surface area contributed by atoms with Crippen molar-refractivity contribution in [1.29, 1.82) is 0 Å². The molecule has 0 spiro atoms. The van der Waals surface area contributed by atoms with Gasteiger partial charge in [-0.05, 0) is 19.5 Å². The molecular formula is C12H20N6O.